The molecule has 0 spiro atoms. The van der Waals surface area contributed by atoms with Crippen molar-refractivity contribution in [3.8, 4) is 5.75 Å². The second kappa shape index (κ2) is 12.9. The number of amides is 1. The van der Waals surface area contributed by atoms with Crippen LogP contribution in [0.15, 0.2) is 58.9 Å². The highest BCUT2D eigenvalue weighted by Crippen LogP contribution is 2.30. The van der Waals surface area contributed by atoms with Crippen molar-refractivity contribution >= 4 is 64.1 Å². The molecule has 0 saturated heterocycles. The van der Waals surface area contributed by atoms with E-state index in [1.54, 1.807) is 17.5 Å². The van der Waals surface area contributed by atoms with E-state index >= 15 is 0 Å². The Morgan fingerprint density at radius 2 is 1.72 bits per heavy atom. The number of halogens is 1. The summed E-state index contributed by atoms with van der Waals surface area (Å²) in [4.78, 5) is 54.5. The Kier molecular flexibility index (Phi) is 9.60. The Morgan fingerprint density at radius 3 is 2.28 bits per heavy atom. The molecule has 0 radical (unpaired) electrons. The summed E-state index contributed by atoms with van der Waals surface area (Å²) in [5.41, 5.74) is 12.3. The highest BCUT2D eigenvalue weighted by Gasteiger charge is 2.21. The zero-order valence-electron chi connectivity index (χ0n) is 20.5. The van der Waals surface area contributed by atoms with E-state index in [4.69, 9.17) is 32.9 Å². The monoisotopic (exact) mass is 573 g/mol. The molecule has 0 saturated carbocycles. The van der Waals surface area contributed by atoms with Crippen molar-refractivity contribution in [1.29, 1.82) is 0 Å². The summed E-state index contributed by atoms with van der Waals surface area (Å²) in [5, 5.41) is 20.1. The lowest BCUT2D eigenvalue weighted by Gasteiger charge is -2.24. The van der Waals surface area contributed by atoms with Crippen molar-refractivity contribution in [3.63, 3.8) is 0 Å². The third-order valence-corrected chi connectivity index (χ3v) is 6.48. The minimum Gasteiger partial charge on any atom is -0.480 e. The normalized spacial score (nSPS) is 10.6. The maximum atomic E-state index is 13.0. The average Bonchev–Trinajstić information content (AvgIpc) is 3.32. The summed E-state index contributed by atoms with van der Waals surface area (Å²) in [5.74, 6) is -3.32. The number of likely N-dealkylation sites (N-methyl/N-ethyl adjacent to an activating group) is 1. The van der Waals surface area contributed by atoms with Gasteiger partial charge in [0.2, 0.25) is 5.91 Å². The first kappa shape index (κ1) is 29.1. The summed E-state index contributed by atoms with van der Waals surface area (Å²) >= 11 is 7.38. The van der Waals surface area contributed by atoms with Gasteiger partial charge in [0.1, 0.15) is 10.6 Å². The number of guanidine groups is 1. The number of aliphatic carboxylic acids is 1. The van der Waals surface area contributed by atoms with Gasteiger partial charge in [0.05, 0.1) is 35.1 Å². The number of aliphatic imine (C=N–C) groups is 1. The quantitative estimate of drug-likeness (QED) is 0.115. The van der Waals surface area contributed by atoms with Gasteiger partial charge >= 0.3 is 17.9 Å². The summed E-state index contributed by atoms with van der Waals surface area (Å²) < 4.78 is 5.36. The fraction of sp³-hybridized carbons (Fsp3) is 0.160. The van der Waals surface area contributed by atoms with Crippen LogP contribution in [-0.2, 0) is 16.1 Å². The van der Waals surface area contributed by atoms with Crippen LogP contribution in [0, 0.1) is 0 Å². The predicted molar refractivity (Wildman–Crippen MR) is 146 cm³/mol. The molecule has 0 bridgehead atoms. The van der Waals surface area contributed by atoms with Gasteiger partial charge in [-0.05, 0) is 53.4 Å². The second-order valence-corrected chi connectivity index (χ2v) is 9.52. The molecular formula is C25H24ClN5O7S. The molecule has 0 fully saturated rings. The largest absolute Gasteiger partial charge is 0.480 e. The Morgan fingerprint density at radius 1 is 1.03 bits per heavy atom. The molecule has 0 aliphatic carbocycles. The first-order valence-electron chi connectivity index (χ1n) is 11.2. The van der Waals surface area contributed by atoms with Crippen LogP contribution in [0.4, 0.5) is 11.4 Å². The van der Waals surface area contributed by atoms with E-state index in [1.807, 2.05) is 0 Å². The summed E-state index contributed by atoms with van der Waals surface area (Å²) in [6, 6.07) is 11.8. The van der Waals surface area contributed by atoms with Crippen LogP contribution in [-0.4, -0.2) is 65.0 Å². The molecule has 3 aromatic rings. The van der Waals surface area contributed by atoms with Crippen molar-refractivity contribution in [2.45, 2.75) is 6.54 Å². The number of rotatable bonds is 11. The van der Waals surface area contributed by atoms with E-state index in [-0.39, 0.29) is 40.3 Å². The Labute approximate surface area is 231 Å². The molecule has 0 aliphatic heterocycles. The number of ether oxygens (including phenoxy) is 1. The molecule has 39 heavy (non-hydrogen) atoms. The fourth-order valence-electron chi connectivity index (χ4n) is 3.43. The number of nitrogens with zero attached hydrogens (tertiary/aromatic N) is 3. The first-order chi connectivity index (χ1) is 18.4. The second-order valence-electron chi connectivity index (χ2n) is 8.20. The SMILES string of the molecule is CN(C(=O)CN(CC(=O)O)Cc1csc(C(=O)O)c1)c1ccc(OC(=O)c2ccc(N=C(N)N)cc2)cc1Cl. The van der Waals surface area contributed by atoms with Gasteiger partial charge in [-0.3, -0.25) is 14.5 Å². The summed E-state index contributed by atoms with van der Waals surface area (Å²) in [7, 11) is 1.47. The standard InChI is InChI=1S/C25H24ClN5O7S/c1-30(21(32)11-31(12-22(33)34)10-14-8-20(23(35)36)39-13-14)19-7-6-17(9-18(19)26)38-24(37)15-2-4-16(5-3-15)29-25(27)28/h2-9,13H,10-12H2,1H3,(H,33,34)(H,35,36)(H4,27,28,29). The number of anilines is 1. The van der Waals surface area contributed by atoms with Crippen LogP contribution in [0.25, 0.3) is 0 Å². The van der Waals surface area contributed by atoms with E-state index in [1.165, 1.54) is 53.2 Å². The van der Waals surface area contributed by atoms with Gasteiger partial charge in [0.25, 0.3) is 0 Å². The highest BCUT2D eigenvalue weighted by molar-refractivity contribution is 7.12. The maximum absolute atomic E-state index is 13.0. The van der Waals surface area contributed by atoms with E-state index in [9.17, 15) is 24.3 Å². The molecule has 1 amide bonds. The molecule has 14 heteroatoms. The zero-order valence-corrected chi connectivity index (χ0v) is 22.1. The number of carboxylic acids is 2. The van der Waals surface area contributed by atoms with Crippen LogP contribution < -0.4 is 21.1 Å². The lowest BCUT2D eigenvalue weighted by Crippen LogP contribution is -2.40. The molecule has 12 nitrogen and oxygen atoms in total. The van der Waals surface area contributed by atoms with Gasteiger partial charge < -0.3 is 31.3 Å². The van der Waals surface area contributed by atoms with E-state index in [0.29, 0.717) is 16.9 Å². The Hall–Kier alpha value is -4.46. The third kappa shape index (κ3) is 8.26. The van der Waals surface area contributed by atoms with Gasteiger partial charge in [0, 0.05) is 19.7 Å². The number of carboxylic acid groups (broad SMARTS) is 2. The zero-order chi connectivity index (χ0) is 28.7. The number of benzene rings is 2. The molecule has 1 aromatic heterocycles. The maximum Gasteiger partial charge on any atom is 0.345 e. The van der Waals surface area contributed by atoms with Gasteiger partial charge in [-0.1, -0.05) is 11.6 Å². The van der Waals surface area contributed by atoms with E-state index in [0.717, 1.165) is 11.3 Å². The van der Waals surface area contributed by atoms with Crippen molar-refractivity contribution in [2.75, 3.05) is 25.0 Å². The number of thiophene rings is 1. The van der Waals surface area contributed by atoms with Crippen molar-refractivity contribution < 1.29 is 34.1 Å². The van der Waals surface area contributed by atoms with Gasteiger partial charge in [0.15, 0.2) is 5.96 Å². The number of hydrogen-bond donors (Lipinski definition) is 4. The molecule has 2 aromatic carbocycles. The molecule has 0 atom stereocenters. The van der Waals surface area contributed by atoms with E-state index < -0.39 is 30.4 Å². The number of aromatic carboxylic acids is 1. The first-order valence-corrected chi connectivity index (χ1v) is 12.4. The summed E-state index contributed by atoms with van der Waals surface area (Å²) in [6.07, 6.45) is 0. The van der Waals surface area contributed by atoms with Crippen LogP contribution in [0.1, 0.15) is 25.6 Å². The van der Waals surface area contributed by atoms with Crippen LogP contribution >= 0.6 is 22.9 Å². The molecule has 0 unspecified atom stereocenters. The van der Waals surface area contributed by atoms with Gasteiger partial charge in [-0.2, -0.15) is 0 Å². The molecular weight excluding hydrogens is 550 g/mol. The van der Waals surface area contributed by atoms with Crippen molar-refractivity contribution in [1.82, 2.24) is 4.90 Å². The van der Waals surface area contributed by atoms with Gasteiger partial charge in [-0.15, -0.1) is 11.3 Å². The smallest absolute Gasteiger partial charge is 0.345 e. The Bertz CT molecular complexity index is 1420. The molecule has 204 valence electrons. The van der Waals surface area contributed by atoms with Crippen LogP contribution in [0.2, 0.25) is 5.02 Å². The van der Waals surface area contributed by atoms with E-state index in [2.05, 4.69) is 4.99 Å². The fourth-order valence-corrected chi connectivity index (χ4v) is 4.47. The third-order valence-electron chi connectivity index (χ3n) is 5.21. The lowest BCUT2D eigenvalue weighted by atomic mass is 10.2. The molecule has 0 aliphatic rings. The summed E-state index contributed by atoms with van der Waals surface area (Å²) in [6.45, 7) is -0.650. The van der Waals surface area contributed by atoms with Crippen LogP contribution in [0.3, 0.4) is 0 Å². The van der Waals surface area contributed by atoms with Crippen molar-refractivity contribution in [2.24, 2.45) is 16.5 Å². The number of hydrogen-bond acceptors (Lipinski definition) is 8. The minimum atomic E-state index is -1.14. The number of esters is 1. The average molecular weight is 574 g/mol. The topological polar surface area (TPSA) is 189 Å². The van der Waals surface area contributed by atoms with Crippen LogP contribution in [0.5, 0.6) is 5.75 Å². The molecule has 1 heterocycles. The van der Waals surface area contributed by atoms with Crippen molar-refractivity contribution in [3.05, 3.63) is 74.9 Å². The lowest BCUT2D eigenvalue weighted by molar-refractivity contribution is -0.138. The number of nitrogens with two attached hydrogens (primary N) is 2. The Balaban J connectivity index is 1.67. The predicted octanol–water partition coefficient (Wildman–Crippen LogP) is 2.77. The molecule has 6 N–H and O–H groups in total. The number of carbonyl (C=O) groups is 4. The minimum absolute atomic E-state index is 0.0607. The number of carbonyl (C=O) groups excluding carboxylic acids is 2. The highest BCUT2D eigenvalue weighted by atomic mass is 35.5. The van der Waals surface area contributed by atoms with Gasteiger partial charge in [-0.25, -0.2) is 14.6 Å². The molecule has 3 rings (SSSR count).